The largest absolute Gasteiger partial charge is 0.493 e. The predicted molar refractivity (Wildman–Crippen MR) is 122 cm³/mol. The lowest BCUT2D eigenvalue weighted by Gasteiger charge is -2.13. The second kappa shape index (κ2) is 10.5. The molecule has 1 aromatic heterocycles. The van der Waals surface area contributed by atoms with E-state index in [-0.39, 0.29) is 17.1 Å². The van der Waals surface area contributed by atoms with Gasteiger partial charge in [-0.3, -0.25) is 14.6 Å². The number of nitrogens with one attached hydrogen (secondary N) is 2. The van der Waals surface area contributed by atoms with E-state index in [0.717, 1.165) is 4.90 Å². The fourth-order valence-corrected chi connectivity index (χ4v) is 3.60. The summed E-state index contributed by atoms with van der Waals surface area (Å²) in [7, 11) is 3.06. The average Bonchev–Trinajstić information content (AvgIpc) is 2.80. The summed E-state index contributed by atoms with van der Waals surface area (Å²) in [5.41, 5.74) is 1.82. The molecule has 2 N–H and O–H groups in total. The van der Waals surface area contributed by atoms with Gasteiger partial charge in [0.25, 0.3) is 5.91 Å². The lowest BCUT2D eigenvalue weighted by molar-refractivity contribution is -0.115. The number of nitrogens with zero attached hydrogens (tertiary/aromatic N) is 1. The van der Waals surface area contributed by atoms with Crippen LogP contribution in [0.25, 0.3) is 0 Å². The molecular formula is C23H23N3O4S. The minimum atomic E-state index is -0.291. The van der Waals surface area contributed by atoms with E-state index in [0.29, 0.717) is 28.4 Å². The molecule has 0 aliphatic carbocycles. The Hall–Kier alpha value is -3.52. The van der Waals surface area contributed by atoms with E-state index in [9.17, 15) is 9.59 Å². The molecule has 7 nitrogen and oxygen atoms in total. The number of aromatic nitrogens is 1. The minimum absolute atomic E-state index is 0.0953. The van der Waals surface area contributed by atoms with Crippen LogP contribution < -0.4 is 20.1 Å². The van der Waals surface area contributed by atoms with Crippen molar-refractivity contribution in [3.05, 3.63) is 72.6 Å². The maximum atomic E-state index is 12.5. The summed E-state index contributed by atoms with van der Waals surface area (Å²) >= 11 is 1.43. The van der Waals surface area contributed by atoms with Gasteiger partial charge in [0.15, 0.2) is 11.5 Å². The number of ether oxygens (including phenoxy) is 2. The highest BCUT2D eigenvalue weighted by molar-refractivity contribution is 8.00. The fraction of sp³-hybridized carbons (Fsp3) is 0.174. The van der Waals surface area contributed by atoms with Gasteiger partial charge in [-0.05, 0) is 61.5 Å². The highest BCUT2D eigenvalue weighted by atomic mass is 32.2. The zero-order valence-electron chi connectivity index (χ0n) is 17.4. The van der Waals surface area contributed by atoms with E-state index in [1.165, 1.54) is 18.9 Å². The molecule has 0 fully saturated rings. The number of pyridine rings is 1. The van der Waals surface area contributed by atoms with Crippen molar-refractivity contribution in [2.75, 3.05) is 24.9 Å². The number of thioether (sulfide) groups is 1. The van der Waals surface area contributed by atoms with E-state index >= 15 is 0 Å². The molecule has 2 aromatic carbocycles. The van der Waals surface area contributed by atoms with Crippen molar-refractivity contribution in [1.29, 1.82) is 0 Å². The van der Waals surface area contributed by atoms with Gasteiger partial charge >= 0.3 is 0 Å². The quantitative estimate of drug-likeness (QED) is 0.506. The molecule has 0 spiro atoms. The van der Waals surface area contributed by atoms with E-state index in [2.05, 4.69) is 15.6 Å². The van der Waals surface area contributed by atoms with Crippen molar-refractivity contribution in [1.82, 2.24) is 4.98 Å². The number of methoxy groups -OCH3 is 2. The first kappa shape index (κ1) is 22.2. The van der Waals surface area contributed by atoms with Crippen LogP contribution in [0.4, 0.5) is 11.4 Å². The van der Waals surface area contributed by atoms with E-state index in [1.807, 2.05) is 19.1 Å². The first-order valence-electron chi connectivity index (χ1n) is 9.51. The fourth-order valence-electron chi connectivity index (χ4n) is 2.73. The Bertz CT molecular complexity index is 1040. The van der Waals surface area contributed by atoms with Crippen molar-refractivity contribution in [3.8, 4) is 11.5 Å². The number of rotatable bonds is 8. The Kier molecular flexibility index (Phi) is 7.50. The van der Waals surface area contributed by atoms with E-state index < -0.39 is 0 Å². The predicted octanol–water partition coefficient (Wildman–Crippen LogP) is 4.47. The Morgan fingerprint density at radius 2 is 1.52 bits per heavy atom. The third-order valence-corrected chi connectivity index (χ3v) is 5.50. The van der Waals surface area contributed by atoms with Gasteiger partial charge in [-0.15, -0.1) is 11.8 Å². The van der Waals surface area contributed by atoms with Crippen LogP contribution in [0.15, 0.2) is 71.9 Å². The number of anilines is 2. The summed E-state index contributed by atoms with van der Waals surface area (Å²) < 4.78 is 10.4. The van der Waals surface area contributed by atoms with Crippen LogP contribution in [0.3, 0.4) is 0 Å². The molecule has 8 heteroatoms. The van der Waals surface area contributed by atoms with Crippen LogP contribution in [-0.2, 0) is 4.79 Å². The summed E-state index contributed by atoms with van der Waals surface area (Å²) in [5.74, 6) is 0.692. The molecule has 31 heavy (non-hydrogen) atoms. The molecule has 0 bridgehead atoms. The molecule has 160 valence electrons. The molecule has 2 amide bonds. The Morgan fingerprint density at radius 1 is 0.871 bits per heavy atom. The molecular weight excluding hydrogens is 414 g/mol. The SMILES string of the molecule is COc1ccc(C(=O)Nc2ccc(SC(C)C(=O)Nc3ccncc3)cc2)cc1OC. The molecule has 0 saturated heterocycles. The summed E-state index contributed by atoms with van der Waals surface area (Å²) in [6.07, 6.45) is 3.25. The Morgan fingerprint density at radius 3 is 2.16 bits per heavy atom. The maximum Gasteiger partial charge on any atom is 0.255 e. The highest BCUT2D eigenvalue weighted by Crippen LogP contribution is 2.29. The molecule has 0 aliphatic rings. The van der Waals surface area contributed by atoms with Crippen LogP contribution in [0.2, 0.25) is 0 Å². The van der Waals surface area contributed by atoms with Gasteiger partial charge in [-0.2, -0.15) is 0 Å². The number of hydrogen-bond donors (Lipinski definition) is 2. The molecule has 3 rings (SSSR count). The molecule has 1 unspecified atom stereocenters. The number of hydrogen-bond acceptors (Lipinski definition) is 6. The van der Waals surface area contributed by atoms with Gasteiger partial charge < -0.3 is 20.1 Å². The first-order chi connectivity index (χ1) is 15.0. The minimum Gasteiger partial charge on any atom is -0.493 e. The second-order valence-corrected chi connectivity index (χ2v) is 7.95. The lowest BCUT2D eigenvalue weighted by atomic mass is 10.2. The Labute approximate surface area is 185 Å². The summed E-state index contributed by atoms with van der Waals surface area (Å²) in [4.78, 5) is 29.7. The number of carbonyl (C=O) groups is 2. The monoisotopic (exact) mass is 437 g/mol. The third-order valence-electron chi connectivity index (χ3n) is 4.39. The van der Waals surface area contributed by atoms with Crippen LogP contribution in [0.5, 0.6) is 11.5 Å². The zero-order valence-corrected chi connectivity index (χ0v) is 18.2. The molecule has 3 aromatic rings. The van der Waals surface area contributed by atoms with Gasteiger partial charge in [0.05, 0.1) is 19.5 Å². The maximum absolute atomic E-state index is 12.5. The summed E-state index contributed by atoms with van der Waals surface area (Å²) in [6, 6.07) is 15.8. The molecule has 0 radical (unpaired) electrons. The third kappa shape index (κ3) is 5.99. The molecule has 0 aliphatic heterocycles. The number of benzene rings is 2. The zero-order chi connectivity index (χ0) is 22.2. The van der Waals surface area contributed by atoms with E-state index in [1.54, 1.807) is 62.0 Å². The van der Waals surface area contributed by atoms with Gasteiger partial charge in [-0.25, -0.2) is 0 Å². The van der Waals surface area contributed by atoms with Gasteiger partial charge in [-0.1, -0.05) is 0 Å². The second-order valence-electron chi connectivity index (χ2n) is 6.53. The summed E-state index contributed by atoms with van der Waals surface area (Å²) in [6.45, 7) is 1.84. The van der Waals surface area contributed by atoms with Crippen molar-refractivity contribution in [2.24, 2.45) is 0 Å². The Balaban J connectivity index is 1.58. The highest BCUT2D eigenvalue weighted by Gasteiger charge is 2.15. The smallest absolute Gasteiger partial charge is 0.255 e. The van der Waals surface area contributed by atoms with Gasteiger partial charge in [0.2, 0.25) is 5.91 Å². The van der Waals surface area contributed by atoms with Crippen LogP contribution in [0.1, 0.15) is 17.3 Å². The van der Waals surface area contributed by atoms with Crippen LogP contribution >= 0.6 is 11.8 Å². The first-order valence-corrected chi connectivity index (χ1v) is 10.4. The number of amides is 2. The summed E-state index contributed by atoms with van der Waals surface area (Å²) in [5, 5.41) is 5.42. The molecule has 1 heterocycles. The average molecular weight is 438 g/mol. The topological polar surface area (TPSA) is 89.5 Å². The van der Waals surface area contributed by atoms with E-state index in [4.69, 9.17) is 9.47 Å². The van der Waals surface area contributed by atoms with Crippen molar-refractivity contribution >= 4 is 35.0 Å². The van der Waals surface area contributed by atoms with Crippen molar-refractivity contribution in [3.63, 3.8) is 0 Å². The molecule has 1 atom stereocenters. The lowest BCUT2D eigenvalue weighted by Crippen LogP contribution is -2.22. The standard InChI is InChI=1S/C23H23N3O4S/c1-15(22(27)25-18-10-12-24-13-11-18)31-19-7-5-17(6-8-19)26-23(28)16-4-9-20(29-2)21(14-16)30-3/h4-15H,1-3H3,(H,26,28)(H,24,25,27). The van der Waals surface area contributed by atoms with Crippen molar-refractivity contribution in [2.45, 2.75) is 17.1 Å². The van der Waals surface area contributed by atoms with Crippen LogP contribution in [0, 0.1) is 0 Å². The van der Waals surface area contributed by atoms with Crippen molar-refractivity contribution < 1.29 is 19.1 Å². The number of carbonyl (C=O) groups excluding carboxylic acids is 2. The molecule has 0 saturated carbocycles. The normalized spacial score (nSPS) is 11.3. The van der Waals surface area contributed by atoms with Gasteiger partial charge in [0, 0.05) is 34.2 Å². The van der Waals surface area contributed by atoms with Crippen LogP contribution in [-0.4, -0.2) is 36.3 Å². The van der Waals surface area contributed by atoms with Gasteiger partial charge in [0.1, 0.15) is 0 Å².